The first kappa shape index (κ1) is 25.3. The van der Waals surface area contributed by atoms with Crippen LogP contribution >= 0.6 is 0 Å². The fourth-order valence-electron chi connectivity index (χ4n) is 2.09. The molecule has 4 atom stereocenters. The molecular weight excluding hydrogens is 374 g/mol. The monoisotopic (exact) mass is 403 g/mol. The van der Waals surface area contributed by atoms with Gasteiger partial charge in [-0.15, -0.1) is 0 Å². The van der Waals surface area contributed by atoms with E-state index < -0.39 is 66.3 Å². The molecule has 0 heterocycles. The number of rotatable bonds is 12. The number of carboxylic acids is 1. The van der Waals surface area contributed by atoms with Crippen LogP contribution in [0.15, 0.2) is 0 Å². The van der Waals surface area contributed by atoms with Gasteiger partial charge in [-0.2, -0.15) is 0 Å². The Kier molecular flexibility index (Phi) is 10.7. The molecule has 0 aliphatic carbocycles. The molecule has 0 aliphatic heterocycles. The van der Waals surface area contributed by atoms with Gasteiger partial charge in [-0.05, 0) is 19.3 Å². The predicted molar refractivity (Wildman–Crippen MR) is 97.4 cm³/mol. The smallest absolute Gasteiger partial charge is 0.326 e. The highest BCUT2D eigenvalue weighted by Crippen LogP contribution is 2.05. The molecule has 0 radical (unpaired) electrons. The summed E-state index contributed by atoms with van der Waals surface area (Å²) >= 11 is 0. The van der Waals surface area contributed by atoms with E-state index in [1.54, 1.807) is 13.8 Å². The van der Waals surface area contributed by atoms with Gasteiger partial charge in [0.05, 0.1) is 12.6 Å². The molecule has 0 saturated carbocycles. The van der Waals surface area contributed by atoms with Gasteiger partial charge in [0.1, 0.15) is 18.1 Å². The van der Waals surface area contributed by atoms with Crippen molar-refractivity contribution in [3.05, 3.63) is 0 Å². The Hall–Kier alpha value is -2.73. The number of primary amides is 1. The maximum atomic E-state index is 12.4. The van der Waals surface area contributed by atoms with E-state index in [4.69, 9.17) is 16.6 Å². The summed E-state index contributed by atoms with van der Waals surface area (Å²) < 4.78 is 0. The SMILES string of the molecule is CC(N)C(=O)NC(CO)C(=O)NC(C(=O)NC(CCC(N)=O)C(=O)O)C(C)C. The molecule has 12 nitrogen and oxygen atoms in total. The highest BCUT2D eigenvalue weighted by molar-refractivity contribution is 5.94. The second kappa shape index (κ2) is 11.9. The van der Waals surface area contributed by atoms with Gasteiger partial charge < -0.3 is 37.6 Å². The van der Waals surface area contributed by atoms with Gasteiger partial charge >= 0.3 is 5.97 Å². The van der Waals surface area contributed by atoms with Crippen molar-refractivity contribution in [1.29, 1.82) is 0 Å². The number of aliphatic carboxylic acids is 1. The van der Waals surface area contributed by atoms with Crippen molar-refractivity contribution in [1.82, 2.24) is 16.0 Å². The standard InChI is InChI=1S/C16H29N5O7/c1-7(2)12(15(26)19-9(16(27)28)4-5-11(18)23)21-14(25)10(6-22)20-13(24)8(3)17/h7-10,12,22H,4-6,17H2,1-3H3,(H2,18,23)(H,19,26)(H,20,24)(H,21,25)(H,27,28). The molecule has 12 heteroatoms. The van der Waals surface area contributed by atoms with Crippen LogP contribution in [0.4, 0.5) is 0 Å². The average Bonchev–Trinajstić information content (AvgIpc) is 2.59. The van der Waals surface area contributed by atoms with Gasteiger partial charge in [0.2, 0.25) is 23.6 Å². The minimum absolute atomic E-state index is 0.209. The number of nitrogens with one attached hydrogen (secondary N) is 3. The number of aliphatic hydroxyl groups excluding tert-OH is 1. The summed E-state index contributed by atoms with van der Waals surface area (Å²) in [6, 6.07) is -4.76. The topological polar surface area (TPSA) is 214 Å². The summed E-state index contributed by atoms with van der Waals surface area (Å²) in [6.07, 6.45) is -0.454. The van der Waals surface area contributed by atoms with Crippen molar-refractivity contribution in [2.75, 3.05) is 6.61 Å². The molecule has 160 valence electrons. The molecular formula is C16H29N5O7. The van der Waals surface area contributed by atoms with Gasteiger partial charge in [0.25, 0.3) is 0 Å². The molecule has 0 saturated heterocycles. The molecule has 0 aromatic rings. The molecule has 0 aromatic carbocycles. The molecule has 0 rings (SSSR count). The molecule has 4 amide bonds. The van der Waals surface area contributed by atoms with Crippen LogP contribution in [0.25, 0.3) is 0 Å². The first-order valence-corrected chi connectivity index (χ1v) is 8.69. The van der Waals surface area contributed by atoms with E-state index in [1.165, 1.54) is 6.92 Å². The lowest BCUT2D eigenvalue weighted by Crippen LogP contribution is -2.59. The van der Waals surface area contributed by atoms with Crippen LogP contribution in [0, 0.1) is 5.92 Å². The molecule has 0 aromatic heterocycles. The van der Waals surface area contributed by atoms with Crippen LogP contribution < -0.4 is 27.4 Å². The zero-order chi connectivity index (χ0) is 22.0. The van der Waals surface area contributed by atoms with Crippen LogP contribution in [0.3, 0.4) is 0 Å². The molecule has 0 bridgehead atoms. The van der Waals surface area contributed by atoms with E-state index in [0.717, 1.165) is 0 Å². The highest BCUT2D eigenvalue weighted by Gasteiger charge is 2.31. The Labute approximate surface area is 162 Å². The number of hydrogen-bond acceptors (Lipinski definition) is 7. The van der Waals surface area contributed by atoms with Crippen molar-refractivity contribution >= 4 is 29.6 Å². The van der Waals surface area contributed by atoms with Crippen molar-refractivity contribution in [2.24, 2.45) is 17.4 Å². The lowest BCUT2D eigenvalue weighted by Gasteiger charge is -2.26. The zero-order valence-electron chi connectivity index (χ0n) is 16.1. The number of hydrogen-bond donors (Lipinski definition) is 7. The van der Waals surface area contributed by atoms with Crippen LogP contribution in [-0.2, 0) is 24.0 Å². The third-order valence-corrected chi connectivity index (χ3v) is 3.77. The Balaban J connectivity index is 5.14. The van der Waals surface area contributed by atoms with Crippen molar-refractivity contribution in [2.45, 2.75) is 57.8 Å². The first-order valence-electron chi connectivity index (χ1n) is 8.69. The number of aliphatic hydroxyl groups is 1. The summed E-state index contributed by atoms with van der Waals surface area (Å²) in [7, 11) is 0. The molecule has 0 fully saturated rings. The fourth-order valence-corrected chi connectivity index (χ4v) is 2.09. The van der Waals surface area contributed by atoms with Gasteiger partial charge in [-0.25, -0.2) is 4.79 Å². The van der Waals surface area contributed by atoms with Crippen LogP contribution in [0.5, 0.6) is 0 Å². The number of carbonyl (C=O) groups is 5. The quantitative estimate of drug-likeness (QED) is 0.175. The number of nitrogens with two attached hydrogens (primary N) is 2. The fraction of sp³-hybridized carbons (Fsp3) is 0.688. The van der Waals surface area contributed by atoms with E-state index >= 15 is 0 Å². The maximum absolute atomic E-state index is 12.4. The summed E-state index contributed by atoms with van der Waals surface area (Å²) in [6.45, 7) is 3.88. The van der Waals surface area contributed by atoms with Crippen LogP contribution in [0.2, 0.25) is 0 Å². The molecule has 0 spiro atoms. The van der Waals surface area contributed by atoms with Gasteiger partial charge in [-0.3, -0.25) is 19.2 Å². The van der Waals surface area contributed by atoms with E-state index in [1.807, 2.05) is 0 Å². The number of carboxylic acid groups (broad SMARTS) is 1. The summed E-state index contributed by atoms with van der Waals surface area (Å²) in [5.74, 6) is -4.83. The number of carbonyl (C=O) groups excluding carboxylic acids is 4. The van der Waals surface area contributed by atoms with Gasteiger partial charge in [0.15, 0.2) is 0 Å². The van der Waals surface area contributed by atoms with Gasteiger partial charge in [-0.1, -0.05) is 13.8 Å². The molecule has 4 unspecified atom stereocenters. The average molecular weight is 403 g/mol. The second-order valence-electron chi connectivity index (χ2n) is 6.67. The lowest BCUT2D eigenvalue weighted by atomic mass is 10.0. The highest BCUT2D eigenvalue weighted by atomic mass is 16.4. The van der Waals surface area contributed by atoms with Crippen LogP contribution in [0.1, 0.15) is 33.6 Å². The predicted octanol–water partition coefficient (Wildman–Crippen LogP) is -3.21. The summed E-state index contributed by atoms with van der Waals surface area (Å²) in [4.78, 5) is 58.4. The third kappa shape index (κ3) is 8.77. The first-order chi connectivity index (χ1) is 12.9. The van der Waals surface area contributed by atoms with Crippen molar-refractivity contribution in [3.8, 4) is 0 Å². The van der Waals surface area contributed by atoms with Crippen LogP contribution in [-0.4, -0.2) is 70.6 Å². The van der Waals surface area contributed by atoms with Gasteiger partial charge in [0, 0.05) is 6.42 Å². The van der Waals surface area contributed by atoms with E-state index in [9.17, 15) is 29.1 Å². The van der Waals surface area contributed by atoms with E-state index in [2.05, 4.69) is 16.0 Å². The van der Waals surface area contributed by atoms with Crippen molar-refractivity contribution in [3.63, 3.8) is 0 Å². The molecule has 28 heavy (non-hydrogen) atoms. The minimum Gasteiger partial charge on any atom is -0.480 e. The third-order valence-electron chi connectivity index (χ3n) is 3.77. The van der Waals surface area contributed by atoms with Crippen molar-refractivity contribution < 1.29 is 34.2 Å². The largest absolute Gasteiger partial charge is 0.480 e. The summed E-state index contributed by atoms with van der Waals surface area (Å²) in [5, 5.41) is 25.3. The number of amides is 4. The molecule has 0 aliphatic rings. The Bertz CT molecular complexity index is 594. The minimum atomic E-state index is -1.37. The lowest BCUT2D eigenvalue weighted by molar-refractivity contribution is -0.143. The Morgan fingerprint density at radius 2 is 1.43 bits per heavy atom. The van der Waals surface area contributed by atoms with E-state index in [-0.39, 0.29) is 12.8 Å². The van der Waals surface area contributed by atoms with E-state index in [0.29, 0.717) is 0 Å². The Morgan fingerprint density at radius 1 is 0.893 bits per heavy atom. The summed E-state index contributed by atoms with van der Waals surface area (Å²) in [5.41, 5.74) is 10.4. The molecule has 9 N–H and O–H groups in total. The Morgan fingerprint density at radius 3 is 1.82 bits per heavy atom. The maximum Gasteiger partial charge on any atom is 0.326 e. The zero-order valence-corrected chi connectivity index (χ0v) is 16.1. The second-order valence-corrected chi connectivity index (χ2v) is 6.67. The normalized spacial score (nSPS) is 15.1.